The number of hydrogen-bond acceptors (Lipinski definition) is 3. The summed E-state index contributed by atoms with van der Waals surface area (Å²) < 4.78 is 2.21. The summed E-state index contributed by atoms with van der Waals surface area (Å²) in [6.45, 7) is 1.66. The number of aryl methyl sites for hydroxylation is 1. The predicted molar refractivity (Wildman–Crippen MR) is 97.1 cm³/mol. The van der Waals surface area contributed by atoms with Crippen molar-refractivity contribution in [2.75, 3.05) is 6.54 Å². The molecule has 1 amide bonds. The van der Waals surface area contributed by atoms with Crippen molar-refractivity contribution in [1.82, 2.24) is 19.7 Å². The molecule has 0 spiro atoms. The van der Waals surface area contributed by atoms with E-state index in [4.69, 9.17) is 23.2 Å². The molecule has 0 N–H and O–H groups in total. The number of piperidine rings is 1. The van der Waals surface area contributed by atoms with Crippen molar-refractivity contribution in [3.05, 3.63) is 45.5 Å². The van der Waals surface area contributed by atoms with Crippen LogP contribution < -0.4 is 0 Å². The molecule has 25 heavy (non-hydrogen) atoms. The molecule has 1 saturated heterocycles. The van der Waals surface area contributed by atoms with Crippen LogP contribution in [-0.2, 0) is 13.0 Å². The molecule has 1 unspecified atom stereocenters. The molecule has 0 radical (unpaired) electrons. The Labute approximate surface area is 156 Å². The lowest BCUT2D eigenvalue weighted by Gasteiger charge is -2.35. The molecule has 2 aliphatic rings. The Balaban J connectivity index is 1.67. The molecule has 132 valence electrons. The van der Waals surface area contributed by atoms with Gasteiger partial charge in [0.1, 0.15) is 5.82 Å². The highest BCUT2D eigenvalue weighted by atomic mass is 35.5. The fourth-order valence-electron chi connectivity index (χ4n) is 3.84. The Bertz CT molecular complexity index is 804. The van der Waals surface area contributed by atoms with E-state index >= 15 is 0 Å². The first kappa shape index (κ1) is 16.9. The minimum Gasteiger partial charge on any atom is -0.328 e. The number of fused-ring (bicyclic) bond motifs is 1. The van der Waals surface area contributed by atoms with Gasteiger partial charge in [-0.2, -0.15) is 0 Å². The van der Waals surface area contributed by atoms with E-state index in [-0.39, 0.29) is 11.9 Å². The van der Waals surface area contributed by atoms with Crippen molar-refractivity contribution in [1.29, 1.82) is 0 Å². The molecule has 1 atom stereocenters. The molecule has 3 heterocycles. The summed E-state index contributed by atoms with van der Waals surface area (Å²) in [4.78, 5) is 15.1. The third-order valence-electron chi connectivity index (χ3n) is 5.11. The van der Waals surface area contributed by atoms with Gasteiger partial charge in [0.05, 0.1) is 16.6 Å². The summed E-state index contributed by atoms with van der Waals surface area (Å²) in [5.74, 6) is 1.91. The average molecular weight is 379 g/mol. The highest BCUT2D eigenvalue weighted by Crippen LogP contribution is 2.34. The van der Waals surface area contributed by atoms with Crippen LogP contribution in [0.4, 0.5) is 0 Å². The van der Waals surface area contributed by atoms with Crippen molar-refractivity contribution in [2.45, 2.75) is 51.1 Å². The van der Waals surface area contributed by atoms with E-state index in [1.54, 1.807) is 18.2 Å². The fraction of sp³-hybridized carbons (Fsp3) is 0.500. The summed E-state index contributed by atoms with van der Waals surface area (Å²) in [5, 5.41) is 9.73. The largest absolute Gasteiger partial charge is 0.328 e. The number of likely N-dealkylation sites (tertiary alicyclic amines) is 1. The second-order valence-corrected chi connectivity index (χ2v) is 7.56. The van der Waals surface area contributed by atoms with Crippen LogP contribution in [0.15, 0.2) is 18.2 Å². The minimum absolute atomic E-state index is 0.0349. The van der Waals surface area contributed by atoms with E-state index in [1.165, 1.54) is 0 Å². The molecule has 1 aromatic carbocycles. The topological polar surface area (TPSA) is 51.0 Å². The molecule has 0 saturated carbocycles. The summed E-state index contributed by atoms with van der Waals surface area (Å²) >= 11 is 12.2. The van der Waals surface area contributed by atoms with Gasteiger partial charge in [-0.25, -0.2) is 0 Å². The number of carbonyl (C=O) groups is 1. The van der Waals surface area contributed by atoms with Crippen molar-refractivity contribution < 1.29 is 4.79 Å². The predicted octanol–water partition coefficient (Wildman–Crippen LogP) is 4.29. The van der Waals surface area contributed by atoms with Gasteiger partial charge in [0.15, 0.2) is 5.82 Å². The molecule has 0 aliphatic carbocycles. The summed E-state index contributed by atoms with van der Waals surface area (Å²) in [6.07, 6.45) is 6.26. The maximum Gasteiger partial charge on any atom is 0.255 e. The smallest absolute Gasteiger partial charge is 0.255 e. The number of nitrogens with zero attached hydrogens (tertiary/aromatic N) is 4. The van der Waals surface area contributed by atoms with Crippen molar-refractivity contribution in [3.8, 4) is 0 Å². The number of hydrogen-bond donors (Lipinski definition) is 0. The third kappa shape index (κ3) is 3.15. The first-order valence-electron chi connectivity index (χ1n) is 8.83. The van der Waals surface area contributed by atoms with Crippen molar-refractivity contribution in [3.63, 3.8) is 0 Å². The molecular formula is C18H20Cl2N4O. The Kier molecular flexibility index (Phi) is 4.69. The van der Waals surface area contributed by atoms with Crippen LogP contribution in [0.1, 0.15) is 60.2 Å². The van der Waals surface area contributed by atoms with Gasteiger partial charge in [-0.1, -0.05) is 23.2 Å². The normalized spacial score (nSPS) is 20.4. The number of rotatable bonds is 2. The van der Waals surface area contributed by atoms with E-state index in [2.05, 4.69) is 14.8 Å². The van der Waals surface area contributed by atoms with Gasteiger partial charge in [-0.3, -0.25) is 4.79 Å². The Morgan fingerprint density at radius 3 is 2.76 bits per heavy atom. The lowest BCUT2D eigenvalue weighted by molar-refractivity contribution is 0.0593. The average Bonchev–Trinajstić information content (AvgIpc) is 3.05. The zero-order valence-corrected chi connectivity index (χ0v) is 15.4. The first-order chi connectivity index (χ1) is 12.1. The van der Waals surface area contributed by atoms with Gasteiger partial charge in [-0.15, -0.1) is 10.2 Å². The van der Waals surface area contributed by atoms with Gasteiger partial charge >= 0.3 is 0 Å². The quantitative estimate of drug-likeness (QED) is 0.782. The van der Waals surface area contributed by atoms with Crippen molar-refractivity contribution >= 4 is 29.1 Å². The van der Waals surface area contributed by atoms with E-state index in [9.17, 15) is 4.79 Å². The second-order valence-electron chi connectivity index (χ2n) is 6.72. The standard InChI is InChI=1S/C18H20Cl2N4O/c19-12-7-8-13(14(20)11-12)18(25)23-9-3-1-5-15(23)17-22-21-16-6-2-4-10-24(16)17/h7-8,11,15H,1-6,9-10H2. The van der Waals surface area contributed by atoms with Crippen LogP contribution in [0.5, 0.6) is 0 Å². The van der Waals surface area contributed by atoms with Crippen LogP contribution in [-0.4, -0.2) is 32.1 Å². The zero-order chi connectivity index (χ0) is 17.4. The summed E-state index contributed by atoms with van der Waals surface area (Å²) in [6, 6.07) is 5.00. The maximum absolute atomic E-state index is 13.1. The van der Waals surface area contributed by atoms with E-state index < -0.39 is 0 Å². The van der Waals surface area contributed by atoms with Gasteiger partial charge in [0, 0.05) is 24.5 Å². The number of carbonyl (C=O) groups excluding carboxylic acids is 1. The molecule has 2 aliphatic heterocycles. The molecule has 5 nitrogen and oxygen atoms in total. The van der Waals surface area contributed by atoms with Crippen molar-refractivity contribution in [2.24, 2.45) is 0 Å². The lowest BCUT2D eigenvalue weighted by atomic mass is 9.99. The van der Waals surface area contributed by atoms with E-state index in [0.29, 0.717) is 22.2 Å². The van der Waals surface area contributed by atoms with Crippen LogP contribution >= 0.6 is 23.2 Å². The molecule has 1 fully saturated rings. The monoisotopic (exact) mass is 378 g/mol. The van der Waals surface area contributed by atoms with Crippen LogP contribution in [0.3, 0.4) is 0 Å². The number of halogens is 2. The second kappa shape index (κ2) is 6.96. The third-order valence-corrected chi connectivity index (χ3v) is 5.66. The van der Waals surface area contributed by atoms with Gasteiger partial charge in [0.2, 0.25) is 0 Å². The van der Waals surface area contributed by atoms with Gasteiger partial charge in [-0.05, 0) is 50.3 Å². The van der Waals surface area contributed by atoms with Gasteiger partial charge in [0.25, 0.3) is 5.91 Å². The minimum atomic E-state index is -0.0560. The lowest BCUT2D eigenvalue weighted by Crippen LogP contribution is -2.40. The van der Waals surface area contributed by atoms with E-state index in [1.807, 2.05) is 4.90 Å². The Morgan fingerprint density at radius 2 is 1.92 bits per heavy atom. The van der Waals surface area contributed by atoms with Crippen LogP contribution in [0, 0.1) is 0 Å². The number of amides is 1. The SMILES string of the molecule is O=C(c1ccc(Cl)cc1Cl)N1CCCCC1c1nnc2n1CCCC2. The maximum atomic E-state index is 13.1. The summed E-state index contributed by atoms with van der Waals surface area (Å²) in [5.41, 5.74) is 0.497. The van der Waals surface area contributed by atoms with Crippen LogP contribution in [0.2, 0.25) is 10.0 Å². The Morgan fingerprint density at radius 1 is 1.08 bits per heavy atom. The molecule has 1 aromatic heterocycles. The first-order valence-corrected chi connectivity index (χ1v) is 9.59. The van der Waals surface area contributed by atoms with Gasteiger partial charge < -0.3 is 9.47 Å². The number of aromatic nitrogens is 3. The number of benzene rings is 1. The molecular weight excluding hydrogens is 359 g/mol. The Hall–Kier alpha value is -1.59. The highest BCUT2D eigenvalue weighted by molar-refractivity contribution is 6.36. The molecule has 4 rings (SSSR count). The molecule has 0 bridgehead atoms. The van der Waals surface area contributed by atoms with E-state index in [0.717, 1.165) is 56.7 Å². The summed E-state index contributed by atoms with van der Waals surface area (Å²) in [7, 11) is 0. The zero-order valence-electron chi connectivity index (χ0n) is 13.9. The van der Waals surface area contributed by atoms with Crippen LogP contribution in [0.25, 0.3) is 0 Å². The molecule has 2 aromatic rings. The molecule has 7 heteroatoms. The highest BCUT2D eigenvalue weighted by Gasteiger charge is 2.34. The fourth-order valence-corrected chi connectivity index (χ4v) is 4.33.